The van der Waals surface area contributed by atoms with Gasteiger partial charge in [-0.1, -0.05) is 48.0 Å². The molecule has 0 amide bonds. The highest BCUT2D eigenvalue weighted by atomic mass is 16.3. The second-order valence-electron chi connectivity index (χ2n) is 2.19. The average Bonchev–Trinajstić information content (AvgIpc) is 2.04. The highest BCUT2D eigenvalue weighted by molar-refractivity contribution is 4.51. The zero-order valence-corrected chi connectivity index (χ0v) is 7.85. The van der Waals surface area contributed by atoms with Crippen LogP contribution in [0.2, 0.25) is 0 Å². The van der Waals surface area contributed by atoms with Gasteiger partial charge in [-0.25, -0.2) is 0 Å². The van der Waals surface area contributed by atoms with Crippen molar-refractivity contribution in [2.45, 2.75) is 54.4 Å². The molecule has 0 atom stereocenters. The zero-order valence-electron chi connectivity index (χ0n) is 7.85. The fraction of sp³-hybridized carbons (Fsp3) is 1.00. The fourth-order valence-corrected chi connectivity index (χ4v) is 0.879. The maximum Gasteiger partial charge on any atom is 0.0433 e. The van der Waals surface area contributed by atoms with Crippen LogP contribution in [-0.4, -0.2) is 11.7 Å². The van der Waals surface area contributed by atoms with Crippen molar-refractivity contribution in [3.63, 3.8) is 0 Å². The van der Waals surface area contributed by atoms with E-state index in [0.29, 0.717) is 6.61 Å². The van der Waals surface area contributed by atoms with Gasteiger partial charge in [-0.15, -0.1) is 0 Å². The summed E-state index contributed by atoms with van der Waals surface area (Å²) in [4.78, 5) is 0. The molecule has 0 unspecified atom stereocenters. The summed E-state index contributed by atoms with van der Waals surface area (Å²) < 4.78 is 0. The van der Waals surface area contributed by atoms with E-state index >= 15 is 0 Å². The number of hydrogen-bond donors (Lipinski definition) is 1. The molecule has 0 spiro atoms. The van der Waals surface area contributed by atoms with Crippen LogP contribution in [0.3, 0.4) is 0 Å². The molecule has 0 heterocycles. The van der Waals surface area contributed by atoms with Crippen molar-refractivity contribution < 1.29 is 5.11 Å². The minimum Gasteiger partial charge on any atom is -0.396 e. The molecule has 1 nitrogen and oxygen atoms in total. The molecule has 0 fully saturated rings. The van der Waals surface area contributed by atoms with Gasteiger partial charge in [-0.05, 0) is 12.3 Å². The molecule has 0 aromatic rings. The number of aliphatic hydroxyl groups is 1. The first-order chi connectivity index (χ1) is 4.85. The third-order valence-electron chi connectivity index (χ3n) is 1.69. The van der Waals surface area contributed by atoms with E-state index in [1.807, 2.05) is 13.8 Å². The van der Waals surface area contributed by atoms with Crippen molar-refractivity contribution in [2.75, 3.05) is 6.61 Å². The Balaban J connectivity index is -0.000000196. The lowest BCUT2D eigenvalue weighted by molar-refractivity contribution is 0.252. The topological polar surface area (TPSA) is 20.2 Å². The first kappa shape index (κ1) is 17.2. The minimum absolute atomic E-state index is 0. The Morgan fingerprint density at radius 3 is 1.55 bits per heavy atom. The Bertz CT molecular complexity index is 40.1. The predicted molar refractivity (Wildman–Crippen MR) is 53.9 cm³/mol. The summed E-state index contributed by atoms with van der Waals surface area (Å²) in [6, 6.07) is 0. The summed E-state index contributed by atoms with van der Waals surface area (Å²) in [6.45, 7) is 8.69. The average molecular weight is 162 g/mol. The van der Waals surface area contributed by atoms with Crippen molar-refractivity contribution in [1.82, 2.24) is 0 Å². The zero-order chi connectivity index (χ0) is 8.41. The fourth-order valence-electron chi connectivity index (χ4n) is 0.879. The van der Waals surface area contributed by atoms with E-state index in [1.165, 1.54) is 12.8 Å². The first-order valence-electron chi connectivity index (χ1n) is 4.46. The lowest BCUT2D eigenvalue weighted by Crippen LogP contribution is -1.98. The van der Waals surface area contributed by atoms with E-state index in [4.69, 9.17) is 5.11 Å². The van der Waals surface area contributed by atoms with E-state index in [2.05, 4.69) is 13.8 Å². The Labute approximate surface area is 72.8 Å². The van der Waals surface area contributed by atoms with Gasteiger partial charge >= 0.3 is 0 Å². The van der Waals surface area contributed by atoms with Gasteiger partial charge in [-0.2, -0.15) is 0 Å². The standard InChI is InChI=1S/C7H16O.C2H6.CH4/c1-3-7(4-2)5-6-8;1-2;/h7-8H,3-6H2,1-2H3;1-2H3;1H4. The van der Waals surface area contributed by atoms with Crippen LogP contribution in [-0.2, 0) is 0 Å². The van der Waals surface area contributed by atoms with Crippen LogP contribution in [0.15, 0.2) is 0 Å². The molecule has 0 bridgehead atoms. The van der Waals surface area contributed by atoms with Gasteiger partial charge < -0.3 is 5.11 Å². The summed E-state index contributed by atoms with van der Waals surface area (Å²) in [5.74, 6) is 0.750. The summed E-state index contributed by atoms with van der Waals surface area (Å²) in [7, 11) is 0. The van der Waals surface area contributed by atoms with Gasteiger partial charge in [0, 0.05) is 6.61 Å². The SMILES string of the molecule is C.CC.CCC(CC)CCO. The van der Waals surface area contributed by atoms with Crippen LogP contribution in [0.5, 0.6) is 0 Å². The van der Waals surface area contributed by atoms with E-state index in [9.17, 15) is 0 Å². The third kappa shape index (κ3) is 13.0. The molecular weight excluding hydrogens is 136 g/mol. The monoisotopic (exact) mass is 162 g/mol. The quantitative estimate of drug-likeness (QED) is 0.671. The largest absolute Gasteiger partial charge is 0.396 e. The number of rotatable bonds is 4. The molecular formula is C10H26O. The highest BCUT2D eigenvalue weighted by Gasteiger charge is 1.99. The Hall–Kier alpha value is -0.0400. The van der Waals surface area contributed by atoms with Crippen LogP contribution < -0.4 is 0 Å². The molecule has 0 aliphatic carbocycles. The maximum atomic E-state index is 8.50. The summed E-state index contributed by atoms with van der Waals surface area (Å²) in [6.07, 6.45) is 3.39. The molecule has 0 aliphatic rings. The summed E-state index contributed by atoms with van der Waals surface area (Å²) in [5.41, 5.74) is 0. The summed E-state index contributed by atoms with van der Waals surface area (Å²) >= 11 is 0. The Morgan fingerprint density at radius 1 is 1.09 bits per heavy atom. The van der Waals surface area contributed by atoms with Gasteiger partial charge in [0.1, 0.15) is 0 Å². The van der Waals surface area contributed by atoms with Crippen LogP contribution in [0.1, 0.15) is 54.4 Å². The van der Waals surface area contributed by atoms with Crippen molar-refractivity contribution >= 4 is 0 Å². The molecule has 0 aliphatic heterocycles. The predicted octanol–water partition coefficient (Wildman–Crippen LogP) is 3.47. The van der Waals surface area contributed by atoms with Crippen molar-refractivity contribution in [3.8, 4) is 0 Å². The molecule has 0 radical (unpaired) electrons. The third-order valence-corrected chi connectivity index (χ3v) is 1.69. The lowest BCUT2D eigenvalue weighted by Gasteiger charge is -2.07. The van der Waals surface area contributed by atoms with Crippen LogP contribution >= 0.6 is 0 Å². The van der Waals surface area contributed by atoms with Crippen LogP contribution in [0.4, 0.5) is 0 Å². The Kier molecular flexibility index (Phi) is 25.7. The maximum absolute atomic E-state index is 8.50. The normalized spacial score (nSPS) is 8.18. The second-order valence-corrected chi connectivity index (χ2v) is 2.19. The van der Waals surface area contributed by atoms with Gasteiger partial charge in [-0.3, -0.25) is 0 Å². The van der Waals surface area contributed by atoms with Crippen molar-refractivity contribution in [2.24, 2.45) is 5.92 Å². The smallest absolute Gasteiger partial charge is 0.0433 e. The molecule has 0 saturated carbocycles. The first-order valence-corrected chi connectivity index (χ1v) is 4.46. The minimum atomic E-state index is 0. The van der Waals surface area contributed by atoms with Gasteiger partial charge in [0.2, 0.25) is 0 Å². The van der Waals surface area contributed by atoms with Crippen molar-refractivity contribution in [3.05, 3.63) is 0 Å². The molecule has 0 aromatic heterocycles. The molecule has 1 heteroatoms. The molecule has 1 N–H and O–H groups in total. The molecule has 72 valence electrons. The molecule has 11 heavy (non-hydrogen) atoms. The molecule has 0 aromatic carbocycles. The number of aliphatic hydroxyl groups excluding tert-OH is 1. The second kappa shape index (κ2) is 16.5. The van der Waals surface area contributed by atoms with E-state index in [-0.39, 0.29) is 7.43 Å². The van der Waals surface area contributed by atoms with Gasteiger partial charge in [0.25, 0.3) is 0 Å². The van der Waals surface area contributed by atoms with Gasteiger partial charge in [0.05, 0.1) is 0 Å². The molecule has 0 saturated heterocycles. The van der Waals surface area contributed by atoms with E-state index in [1.54, 1.807) is 0 Å². The lowest BCUT2D eigenvalue weighted by atomic mass is 10.0. The van der Waals surface area contributed by atoms with Gasteiger partial charge in [0.15, 0.2) is 0 Å². The van der Waals surface area contributed by atoms with E-state index < -0.39 is 0 Å². The molecule has 0 rings (SSSR count). The summed E-state index contributed by atoms with van der Waals surface area (Å²) in [5, 5.41) is 8.50. The van der Waals surface area contributed by atoms with E-state index in [0.717, 1.165) is 12.3 Å². The van der Waals surface area contributed by atoms with Crippen LogP contribution in [0.25, 0.3) is 0 Å². The van der Waals surface area contributed by atoms with Crippen molar-refractivity contribution in [1.29, 1.82) is 0 Å². The highest BCUT2D eigenvalue weighted by Crippen LogP contribution is 2.10. The Morgan fingerprint density at radius 2 is 1.45 bits per heavy atom. The number of hydrogen-bond acceptors (Lipinski definition) is 1. The van der Waals surface area contributed by atoms with Crippen LogP contribution in [0, 0.1) is 5.92 Å².